The molecule has 0 amide bonds. The lowest BCUT2D eigenvalue weighted by Gasteiger charge is -2.35. The van der Waals surface area contributed by atoms with E-state index < -0.39 is 0 Å². The van der Waals surface area contributed by atoms with Crippen molar-refractivity contribution >= 4 is 5.82 Å². The number of morpholine rings is 1. The Bertz CT molecular complexity index is 644. The minimum atomic E-state index is -0.348. The number of aromatic nitrogens is 2. The summed E-state index contributed by atoms with van der Waals surface area (Å²) >= 11 is 0. The first kappa shape index (κ1) is 15.0. The van der Waals surface area contributed by atoms with Crippen molar-refractivity contribution in [3.63, 3.8) is 0 Å². The third-order valence-corrected chi connectivity index (χ3v) is 3.94. The van der Waals surface area contributed by atoms with Crippen molar-refractivity contribution in [2.24, 2.45) is 0 Å². The van der Waals surface area contributed by atoms with Crippen molar-refractivity contribution in [2.75, 3.05) is 24.7 Å². The topological polar surface area (TPSA) is 51.4 Å². The Kier molecular flexibility index (Phi) is 4.38. The molecule has 5 nitrogen and oxygen atoms in total. The smallest absolute Gasteiger partial charge is 0.187 e. The third-order valence-electron chi connectivity index (χ3n) is 3.94. The van der Waals surface area contributed by atoms with Gasteiger partial charge in [0.05, 0.1) is 18.9 Å². The van der Waals surface area contributed by atoms with E-state index in [9.17, 15) is 4.39 Å². The summed E-state index contributed by atoms with van der Waals surface area (Å²) in [5.74, 6) is 1.68. The summed E-state index contributed by atoms with van der Waals surface area (Å²) < 4.78 is 26.0. The number of hydrogen-bond donors (Lipinski definition) is 0. The molecule has 0 bridgehead atoms. The zero-order valence-electron chi connectivity index (χ0n) is 12.9. The van der Waals surface area contributed by atoms with Crippen molar-refractivity contribution in [1.82, 2.24) is 9.97 Å². The van der Waals surface area contributed by atoms with E-state index in [0.717, 1.165) is 17.9 Å². The van der Waals surface area contributed by atoms with Gasteiger partial charge in [0, 0.05) is 13.0 Å². The highest BCUT2D eigenvalue weighted by Gasteiger charge is 2.30. The van der Waals surface area contributed by atoms with Gasteiger partial charge in [-0.15, -0.1) is 0 Å². The molecule has 1 saturated heterocycles. The maximum atomic E-state index is 14.6. The molecule has 0 saturated carbocycles. The molecule has 0 aromatic carbocycles. The van der Waals surface area contributed by atoms with Crippen molar-refractivity contribution in [1.29, 1.82) is 0 Å². The molecular formula is C16H20FN3O2. The maximum absolute atomic E-state index is 14.6. The summed E-state index contributed by atoms with van der Waals surface area (Å²) in [6, 6.07) is 3.73. The standard InChI is InChI=1S/C16H20FN3O2/c1-3-11-5-6-14(22-11)13-9-21-8-7-20(13)16-15(17)12(4-2)18-10-19-16/h5-6,10,13H,3-4,7-9H2,1-2H3/t13-/m1/s1. The van der Waals surface area contributed by atoms with Gasteiger partial charge < -0.3 is 14.1 Å². The summed E-state index contributed by atoms with van der Waals surface area (Å²) in [6.07, 6.45) is 2.79. The average molecular weight is 305 g/mol. The highest BCUT2D eigenvalue weighted by Crippen LogP contribution is 2.31. The monoisotopic (exact) mass is 305 g/mol. The quantitative estimate of drug-likeness (QED) is 0.869. The van der Waals surface area contributed by atoms with Gasteiger partial charge in [0.2, 0.25) is 0 Å². The van der Waals surface area contributed by atoms with E-state index in [4.69, 9.17) is 9.15 Å². The second-order valence-electron chi connectivity index (χ2n) is 5.25. The summed E-state index contributed by atoms with van der Waals surface area (Å²) in [4.78, 5) is 10.1. The Morgan fingerprint density at radius 2 is 2.14 bits per heavy atom. The first-order valence-corrected chi connectivity index (χ1v) is 7.67. The lowest BCUT2D eigenvalue weighted by Crippen LogP contribution is -2.40. The van der Waals surface area contributed by atoms with Crippen LogP contribution in [0.2, 0.25) is 0 Å². The number of ether oxygens (including phenoxy) is 1. The lowest BCUT2D eigenvalue weighted by molar-refractivity contribution is 0.0864. The fraction of sp³-hybridized carbons (Fsp3) is 0.500. The van der Waals surface area contributed by atoms with E-state index in [-0.39, 0.29) is 11.9 Å². The highest BCUT2D eigenvalue weighted by atomic mass is 19.1. The molecule has 0 unspecified atom stereocenters. The second-order valence-corrected chi connectivity index (χ2v) is 5.25. The number of anilines is 1. The van der Waals surface area contributed by atoms with Crippen LogP contribution in [0.1, 0.15) is 37.1 Å². The predicted octanol–water partition coefficient (Wildman–Crippen LogP) is 2.91. The Morgan fingerprint density at radius 3 is 2.86 bits per heavy atom. The Hall–Kier alpha value is -1.95. The largest absolute Gasteiger partial charge is 0.464 e. The molecule has 3 rings (SSSR count). The van der Waals surface area contributed by atoms with Gasteiger partial charge in [0.25, 0.3) is 0 Å². The van der Waals surface area contributed by atoms with Crippen molar-refractivity contribution in [3.8, 4) is 0 Å². The van der Waals surface area contributed by atoms with Crippen LogP contribution in [0.3, 0.4) is 0 Å². The molecule has 1 aliphatic rings. The van der Waals surface area contributed by atoms with Gasteiger partial charge in [-0.2, -0.15) is 0 Å². The van der Waals surface area contributed by atoms with Crippen LogP contribution in [0.15, 0.2) is 22.9 Å². The van der Waals surface area contributed by atoms with Crippen molar-refractivity contribution < 1.29 is 13.5 Å². The van der Waals surface area contributed by atoms with E-state index in [1.165, 1.54) is 6.33 Å². The van der Waals surface area contributed by atoms with Crippen LogP contribution >= 0.6 is 0 Å². The summed E-state index contributed by atoms with van der Waals surface area (Å²) in [5.41, 5.74) is 0.434. The molecule has 2 aromatic rings. The number of halogens is 1. The molecule has 6 heteroatoms. The van der Waals surface area contributed by atoms with Gasteiger partial charge in [-0.3, -0.25) is 0 Å². The van der Waals surface area contributed by atoms with E-state index in [2.05, 4.69) is 9.97 Å². The van der Waals surface area contributed by atoms with E-state index in [1.54, 1.807) is 0 Å². The Morgan fingerprint density at radius 1 is 1.27 bits per heavy atom. The molecule has 22 heavy (non-hydrogen) atoms. The van der Waals surface area contributed by atoms with Crippen LogP contribution in [0, 0.1) is 5.82 Å². The molecular weight excluding hydrogens is 285 g/mol. The molecule has 1 fully saturated rings. The maximum Gasteiger partial charge on any atom is 0.187 e. The number of aryl methyl sites for hydroxylation is 2. The van der Waals surface area contributed by atoms with Crippen LogP contribution in [-0.4, -0.2) is 29.7 Å². The van der Waals surface area contributed by atoms with Crippen LogP contribution in [0.4, 0.5) is 10.2 Å². The number of rotatable bonds is 4. The fourth-order valence-corrected chi connectivity index (χ4v) is 2.70. The molecule has 118 valence electrons. The van der Waals surface area contributed by atoms with E-state index in [0.29, 0.717) is 37.7 Å². The van der Waals surface area contributed by atoms with Crippen molar-refractivity contribution in [3.05, 3.63) is 41.5 Å². The Labute approximate surface area is 129 Å². The molecule has 0 spiro atoms. The zero-order valence-corrected chi connectivity index (χ0v) is 12.9. The minimum absolute atomic E-state index is 0.164. The predicted molar refractivity (Wildman–Crippen MR) is 80.4 cm³/mol. The van der Waals surface area contributed by atoms with Crippen LogP contribution in [0.25, 0.3) is 0 Å². The molecule has 1 aliphatic heterocycles. The first-order chi connectivity index (χ1) is 10.7. The van der Waals surface area contributed by atoms with Gasteiger partial charge in [-0.25, -0.2) is 14.4 Å². The zero-order chi connectivity index (χ0) is 15.5. The Balaban J connectivity index is 1.96. The average Bonchev–Trinajstić information content (AvgIpc) is 3.04. The minimum Gasteiger partial charge on any atom is -0.464 e. The van der Waals surface area contributed by atoms with E-state index >= 15 is 0 Å². The number of hydrogen-bond acceptors (Lipinski definition) is 5. The third kappa shape index (κ3) is 2.70. The summed E-state index contributed by atoms with van der Waals surface area (Å²) in [6.45, 7) is 5.50. The first-order valence-electron chi connectivity index (χ1n) is 7.67. The van der Waals surface area contributed by atoms with Gasteiger partial charge in [-0.05, 0) is 18.6 Å². The van der Waals surface area contributed by atoms with E-state index in [1.807, 2.05) is 30.9 Å². The molecule has 3 heterocycles. The normalized spacial score (nSPS) is 18.7. The van der Waals surface area contributed by atoms with Crippen LogP contribution in [-0.2, 0) is 17.6 Å². The molecule has 0 N–H and O–H groups in total. The van der Waals surface area contributed by atoms with Crippen LogP contribution < -0.4 is 4.90 Å². The molecule has 2 aromatic heterocycles. The van der Waals surface area contributed by atoms with Gasteiger partial charge in [0.1, 0.15) is 23.9 Å². The van der Waals surface area contributed by atoms with Crippen LogP contribution in [0.5, 0.6) is 0 Å². The number of nitrogens with zero attached hydrogens (tertiary/aromatic N) is 3. The highest BCUT2D eigenvalue weighted by molar-refractivity contribution is 5.44. The van der Waals surface area contributed by atoms with Gasteiger partial charge in [-0.1, -0.05) is 13.8 Å². The number of furan rings is 1. The lowest BCUT2D eigenvalue weighted by atomic mass is 10.1. The molecule has 0 radical (unpaired) electrons. The van der Waals surface area contributed by atoms with Gasteiger partial charge >= 0.3 is 0 Å². The SMILES string of the molecule is CCc1ccc([C@H]2COCCN2c2ncnc(CC)c2F)o1. The molecule has 1 atom stereocenters. The molecule has 0 aliphatic carbocycles. The summed E-state index contributed by atoms with van der Waals surface area (Å²) in [7, 11) is 0. The van der Waals surface area contributed by atoms with Gasteiger partial charge in [0.15, 0.2) is 11.6 Å². The second kappa shape index (κ2) is 6.44. The summed E-state index contributed by atoms with van der Waals surface area (Å²) in [5, 5.41) is 0. The fourth-order valence-electron chi connectivity index (χ4n) is 2.70. The van der Waals surface area contributed by atoms with Crippen molar-refractivity contribution in [2.45, 2.75) is 32.7 Å².